The van der Waals surface area contributed by atoms with E-state index in [0.29, 0.717) is 17.7 Å². The summed E-state index contributed by atoms with van der Waals surface area (Å²) in [6.07, 6.45) is 0.615. The molecule has 0 aliphatic carbocycles. The highest BCUT2D eigenvalue weighted by atomic mass is 32.2. The van der Waals surface area contributed by atoms with Gasteiger partial charge in [0.1, 0.15) is 0 Å². The maximum Gasteiger partial charge on any atom is 0.340 e. The first-order valence-electron chi connectivity index (χ1n) is 8.04. The van der Waals surface area contributed by atoms with Crippen molar-refractivity contribution in [3.05, 3.63) is 65.7 Å². The molecule has 0 spiro atoms. The molecule has 0 heterocycles. The van der Waals surface area contributed by atoms with Gasteiger partial charge in [-0.3, -0.25) is 10.1 Å². The fraction of sp³-hybridized carbons (Fsp3) is 0.211. The molecule has 0 fully saturated rings. The number of ether oxygens (including phenoxy) is 1. The first kappa shape index (κ1) is 19.5. The summed E-state index contributed by atoms with van der Waals surface area (Å²) in [5.41, 5.74) is 0.844. The molecule has 2 aromatic carbocycles. The van der Waals surface area contributed by atoms with Crippen LogP contribution in [-0.4, -0.2) is 30.7 Å². The predicted octanol–water partition coefficient (Wildman–Crippen LogP) is 3.15. The number of carbonyl (C=O) groups excluding carboxylic acids is 3. The van der Waals surface area contributed by atoms with Gasteiger partial charge in [0.05, 0.1) is 5.56 Å². The summed E-state index contributed by atoms with van der Waals surface area (Å²) in [5, 5.41) is 4.66. The normalized spacial score (nSPS) is 11.3. The molecular formula is C19H20N2O4S. The minimum atomic E-state index is -1.23. The summed E-state index contributed by atoms with van der Waals surface area (Å²) in [6, 6.07) is 14.9. The molecule has 6 nitrogen and oxygen atoms in total. The van der Waals surface area contributed by atoms with Gasteiger partial charge in [-0.05, 0) is 25.3 Å². The number of benzene rings is 2. The molecule has 1 atom stereocenters. The second-order valence-electron chi connectivity index (χ2n) is 5.25. The van der Waals surface area contributed by atoms with Crippen molar-refractivity contribution in [2.24, 2.45) is 0 Å². The molecule has 2 N–H and O–H groups in total. The van der Waals surface area contributed by atoms with Crippen molar-refractivity contribution in [3.63, 3.8) is 0 Å². The van der Waals surface area contributed by atoms with Gasteiger partial charge in [-0.1, -0.05) is 42.5 Å². The van der Waals surface area contributed by atoms with Crippen molar-refractivity contribution in [2.75, 3.05) is 12.8 Å². The molecule has 0 bridgehead atoms. The number of nitrogens with one attached hydrogen (secondary N) is 2. The Balaban J connectivity index is 2.25. The maximum atomic E-state index is 12.6. The Morgan fingerprint density at radius 3 is 2.35 bits per heavy atom. The molecule has 2 aromatic rings. The molecule has 0 aliphatic heterocycles. The Hall–Kier alpha value is -2.80. The van der Waals surface area contributed by atoms with Gasteiger partial charge < -0.3 is 10.1 Å². The van der Waals surface area contributed by atoms with Gasteiger partial charge in [-0.15, -0.1) is 11.8 Å². The number of thioether (sulfide) groups is 1. The smallest absolute Gasteiger partial charge is 0.340 e. The van der Waals surface area contributed by atoms with Crippen molar-refractivity contribution < 1.29 is 19.1 Å². The topological polar surface area (TPSA) is 84.5 Å². The van der Waals surface area contributed by atoms with Crippen LogP contribution in [0.15, 0.2) is 59.5 Å². The quantitative estimate of drug-likeness (QED) is 0.601. The Bertz CT molecular complexity index is 780. The highest BCUT2D eigenvalue weighted by molar-refractivity contribution is 7.98. The fourth-order valence-electron chi connectivity index (χ4n) is 2.27. The second-order valence-corrected chi connectivity index (χ2v) is 6.09. The molecule has 0 saturated carbocycles. The van der Waals surface area contributed by atoms with E-state index in [-0.39, 0.29) is 0 Å². The first-order chi connectivity index (χ1) is 12.6. The van der Waals surface area contributed by atoms with Crippen molar-refractivity contribution in [3.8, 4) is 0 Å². The van der Waals surface area contributed by atoms with Crippen molar-refractivity contribution in [1.82, 2.24) is 10.6 Å². The standard InChI is InChI=1S/C19H20N2O4S/c1-3-20-19(24)21-17(22)16(13-9-5-4-6-10-13)25-18(23)14-11-7-8-12-15(14)26-2/h4-12,16H,3H2,1-2H3,(H2,20,21,22,24)/t16-/m0/s1. The molecule has 7 heteroatoms. The number of rotatable bonds is 6. The van der Waals surface area contributed by atoms with Crippen LogP contribution in [0.5, 0.6) is 0 Å². The van der Waals surface area contributed by atoms with E-state index < -0.39 is 24.0 Å². The van der Waals surface area contributed by atoms with Crippen LogP contribution in [0.3, 0.4) is 0 Å². The van der Waals surface area contributed by atoms with Gasteiger partial charge >= 0.3 is 12.0 Å². The minimum absolute atomic E-state index is 0.367. The minimum Gasteiger partial charge on any atom is -0.444 e. The maximum absolute atomic E-state index is 12.6. The second kappa shape index (κ2) is 9.62. The zero-order valence-electron chi connectivity index (χ0n) is 14.5. The van der Waals surface area contributed by atoms with Crippen LogP contribution in [0.25, 0.3) is 0 Å². The van der Waals surface area contributed by atoms with Crippen LogP contribution < -0.4 is 10.6 Å². The number of hydrogen-bond donors (Lipinski definition) is 2. The largest absolute Gasteiger partial charge is 0.444 e. The van der Waals surface area contributed by atoms with E-state index in [9.17, 15) is 14.4 Å². The van der Waals surface area contributed by atoms with Crippen molar-refractivity contribution in [2.45, 2.75) is 17.9 Å². The third-order valence-corrected chi connectivity index (χ3v) is 4.26. The first-order valence-corrected chi connectivity index (χ1v) is 9.27. The Morgan fingerprint density at radius 1 is 1.04 bits per heavy atom. The summed E-state index contributed by atoms with van der Waals surface area (Å²) in [6.45, 7) is 2.11. The van der Waals surface area contributed by atoms with Crippen molar-refractivity contribution in [1.29, 1.82) is 0 Å². The van der Waals surface area contributed by atoms with E-state index in [1.165, 1.54) is 11.8 Å². The third kappa shape index (κ3) is 5.10. The van der Waals surface area contributed by atoms with E-state index in [1.54, 1.807) is 55.5 Å². The van der Waals surface area contributed by atoms with Gasteiger partial charge in [-0.2, -0.15) is 0 Å². The molecule has 0 radical (unpaired) electrons. The number of carbonyl (C=O) groups is 3. The lowest BCUT2D eigenvalue weighted by atomic mass is 10.1. The van der Waals surface area contributed by atoms with Crippen LogP contribution in [0.2, 0.25) is 0 Å². The Kier molecular flexibility index (Phi) is 7.23. The van der Waals surface area contributed by atoms with E-state index in [0.717, 1.165) is 4.90 Å². The Morgan fingerprint density at radius 2 is 1.69 bits per heavy atom. The molecule has 0 aromatic heterocycles. The van der Waals surface area contributed by atoms with Gasteiger partial charge in [0.25, 0.3) is 5.91 Å². The Labute approximate surface area is 156 Å². The van der Waals surface area contributed by atoms with Crippen LogP contribution >= 0.6 is 11.8 Å². The summed E-state index contributed by atoms with van der Waals surface area (Å²) >= 11 is 1.41. The predicted molar refractivity (Wildman–Crippen MR) is 100 cm³/mol. The molecule has 2 rings (SSSR count). The third-order valence-electron chi connectivity index (χ3n) is 3.47. The molecule has 26 heavy (non-hydrogen) atoms. The molecular weight excluding hydrogens is 352 g/mol. The van der Waals surface area contributed by atoms with Crippen LogP contribution in [-0.2, 0) is 9.53 Å². The highest BCUT2D eigenvalue weighted by Crippen LogP contribution is 2.24. The number of esters is 1. The molecule has 0 aliphatic rings. The van der Waals surface area contributed by atoms with E-state index in [4.69, 9.17) is 4.74 Å². The van der Waals surface area contributed by atoms with Crippen LogP contribution in [0, 0.1) is 0 Å². The SMILES string of the molecule is CCNC(=O)NC(=O)[C@@H](OC(=O)c1ccccc1SC)c1ccccc1. The lowest BCUT2D eigenvalue weighted by molar-refractivity contribution is -0.129. The highest BCUT2D eigenvalue weighted by Gasteiger charge is 2.27. The monoisotopic (exact) mass is 372 g/mol. The zero-order chi connectivity index (χ0) is 18.9. The summed E-state index contributed by atoms with van der Waals surface area (Å²) < 4.78 is 5.46. The lowest BCUT2D eigenvalue weighted by Crippen LogP contribution is -2.42. The van der Waals surface area contributed by atoms with E-state index in [2.05, 4.69) is 10.6 Å². The number of imide groups is 1. The molecule has 0 unspecified atom stereocenters. The van der Waals surface area contributed by atoms with E-state index >= 15 is 0 Å². The van der Waals surface area contributed by atoms with Gasteiger partial charge in [0.15, 0.2) is 0 Å². The van der Waals surface area contributed by atoms with Crippen molar-refractivity contribution >= 4 is 29.7 Å². The zero-order valence-corrected chi connectivity index (χ0v) is 15.3. The summed E-state index contributed by atoms with van der Waals surface area (Å²) in [7, 11) is 0. The molecule has 136 valence electrons. The van der Waals surface area contributed by atoms with Crippen LogP contribution in [0.4, 0.5) is 4.79 Å². The number of hydrogen-bond acceptors (Lipinski definition) is 5. The lowest BCUT2D eigenvalue weighted by Gasteiger charge is -2.18. The average Bonchev–Trinajstić information content (AvgIpc) is 2.66. The summed E-state index contributed by atoms with van der Waals surface area (Å²) in [4.78, 5) is 37.5. The number of urea groups is 1. The van der Waals surface area contributed by atoms with E-state index in [1.807, 2.05) is 12.3 Å². The summed E-state index contributed by atoms with van der Waals surface area (Å²) in [5.74, 6) is -1.34. The van der Waals surface area contributed by atoms with Gasteiger partial charge in [0, 0.05) is 17.0 Å². The molecule has 3 amide bonds. The number of amides is 3. The fourth-order valence-corrected chi connectivity index (χ4v) is 2.85. The van der Waals surface area contributed by atoms with Gasteiger partial charge in [-0.25, -0.2) is 9.59 Å². The van der Waals surface area contributed by atoms with Gasteiger partial charge in [0.2, 0.25) is 6.10 Å². The molecule has 0 saturated heterocycles. The average molecular weight is 372 g/mol. The van der Waals surface area contributed by atoms with Crippen LogP contribution in [0.1, 0.15) is 28.9 Å².